The van der Waals surface area contributed by atoms with Gasteiger partial charge in [0, 0.05) is 44.1 Å². The Labute approximate surface area is 186 Å². The highest BCUT2D eigenvalue weighted by molar-refractivity contribution is 7.20. The van der Waals surface area contributed by atoms with Crippen molar-refractivity contribution >= 4 is 33.4 Å². The van der Waals surface area contributed by atoms with Crippen LogP contribution >= 0.6 is 11.3 Å². The molecule has 0 unspecified atom stereocenters. The molecule has 1 aromatic carbocycles. The summed E-state index contributed by atoms with van der Waals surface area (Å²) in [5.41, 5.74) is 3.57. The molecular formula is C24H28N4O2S. The van der Waals surface area contributed by atoms with Gasteiger partial charge in [-0.15, -0.1) is 11.3 Å². The van der Waals surface area contributed by atoms with E-state index < -0.39 is 0 Å². The monoisotopic (exact) mass is 436 g/mol. The normalized spacial score (nSPS) is 13.5. The quantitative estimate of drug-likeness (QED) is 0.569. The number of carbonyl (C=O) groups is 2. The minimum absolute atomic E-state index is 0.0174. The van der Waals surface area contributed by atoms with E-state index in [4.69, 9.17) is 9.97 Å². The summed E-state index contributed by atoms with van der Waals surface area (Å²) < 4.78 is 0. The third kappa shape index (κ3) is 4.19. The van der Waals surface area contributed by atoms with E-state index in [-0.39, 0.29) is 11.8 Å². The topological polar surface area (TPSA) is 66.4 Å². The standard InChI is InChI=1S/C24H28N4O2S/c1-6-28(13-16-7-9-18(10-8-16)23(29)27(4)5)24(30)20-14(2)19-15(3)25-21(17-11-12-17)26-22(19)31-20/h7-10,17H,6,11-13H2,1-5H3. The van der Waals surface area contributed by atoms with Crippen LogP contribution in [0.1, 0.15) is 68.4 Å². The second-order valence-electron chi connectivity index (χ2n) is 8.39. The van der Waals surface area contributed by atoms with Crippen molar-refractivity contribution in [3.8, 4) is 0 Å². The van der Waals surface area contributed by atoms with E-state index in [1.54, 1.807) is 19.0 Å². The van der Waals surface area contributed by atoms with Crippen LogP contribution in [0.4, 0.5) is 0 Å². The Balaban J connectivity index is 1.58. The van der Waals surface area contributed by atoms with E-state index in [1.807, 2.05) is 49.9 Å². The fraction of sp³-hybridized carbons (Fsp3) is 0.417. The van der Waals surface area contributed by atoms with Gasteiger partial charge in [0.25, 0.3) is 11.8 Å². The minimum atomic E-state index is -0.0297. The molecule has 4 rings (SSSR count). The molecule has 7 heteroatoms. The number of aryl methyl sites for hydroxylation is 2. The molecule has 0 bridgehead atoms. The summed E-state index contributed by atoms with van der Waals surface area (Å²) in [4.78, 5) is 40.0. The maximum absolute atomic E-state index is 13.4. The van der Waals surface area contributed by atoms with Gasteiger partial charge in [0.15, 0.2) is 0 Å². The van der Waals surface area contributed by atoms with Gasteiger partial charge in [0.2, 0.25) is 0 Å². The Morgan fingerprint density at radius 1 is 1.06 bits per heavy atom. The Kier molecular flexibility index (Phi) is 5.79. The largest absolute Gasteiger partial charge is 0.345 e. The summed E-state index contributed by atoms with van der Waals surface area (Å²) in [6.07, 6.45) is 2.31. The number of nitrogens with zero attached hydrogens (tertiary/aromatic N) is 4. The summed E-state index contributed by atoms with van der Waals surface area (Å²) in [6.45, 7) is 7.09. The summed E-state index contributed by atoms with van der Waals surface area (Å²) in [5.74, 6) is 1.39. The van der Waals surface area contributed by atoms with E-state index in [0.717, 1.165) is 50.6 Å². The number of rotatable bonds is 6. The third-order valence-electron chi connectivity index (χ3n) is 5.77. The molecule has 162 valence electrons. The van der Waals surface area contributed by atoms with Crippen LogP contribution in [0.15, 0.2) is 24.3 Å². The summed E-state index contributed by atoms with van der Waals surface area (Å²) in [7, 11) is 3.47. The molecule has 1 saturated carbocycles. The van der Waals surface area contributed by atoms with Crippen LogP contribution < -0.4 is 0 Å². The smallest absolute Gasteiger partial charge is 0.264 e. The fourth-order valence-corrected chi connectivity index (χ4v) is 5.00. The molecule has 1 aliphatic rings. The molecule has 2 heterocycles. The van der Waals surface area contributed by atoms with Crippen molar-refractivity contribution in [1.82, 2.24) is 19.8 Å². The predicted octanol–water partition coefficient (Wildman–Crippen LogP) is 4.55. The van der Waals surface area contributed by atoms with Crippen LogP contribution in [0.2, 0.25) is 0 Å². The van der Waals surface area contributed by atoms with E-state index in [1.165, 1.54) is 11.3 Å². The van der Waals surface area contributed by atoms with Crippen molar-refractivity contribution in [1.29, 1.82) is 0 Å². The van der Waals surface area contributed by atoms with Gasteiger partial charge >= 0.3 is 0 Å². The third-order valence-corrected chi connectivity index (χ3v) is 6.95. The molecule has 1 fully saturated rings. The Bertz CT molecular complexity index is 1150. The lowest BCUT2D eigenvalue weighted by molar-refractivity contribution is 0.0755. The average molecular weight is 437 g/mol. The fourth-order valence-electron chi connectivity index (χ4n) is 3.79. The average Bonchev–Trinajstić information content (AvgIpc) is 3.55. The maximum atomic E-state index is 13.4. The number of hydrogen-bond acceptors (Lipinski definition) is 5. The predicted molar refractivity (Wildman–Crippen MR) is 124 cm³/mol. The van der Waals surface area contributed by atoms with Crippen molar-refractivity contribution < 1.29 is 9.59 Å². The first-order valence-electron chi connectivity index (χ1n) is 10.7. The number of hydrogen-bond donors (Lipinski definition) is 0. The first kappa shape index (κ1) is 21.4. The molecule has 0 atom stereocenters. The van der Waals surface area contributed by atoms with Crippen molar-refractivity contribution in [2.75, 3.05) is 20.6 Å². The molecule has 0 aliphatic heterocycles. The number of fused-ring (bicyclic) bond motifs is 1. The summed E-state index contributed by atoms with van der Waals surface area (Å²) in [5, 5.41) is 1.01. The van der Waals surface area contributed by atoms with Gasteiger partial charge in [-0.1, -0.05) is 12.1 Å². The van der Waals surface area contributed by atoms with Crippen LogP contribution in [0.3, 0.4) is 0 Å². The molecular weight excluding hydrogens is 408 g/mol. The lowest BCUT2D eigenvalue weighted by Gasteiger charge is -2.21. The zero-order chi connectivity index (χ0) is 22.3. The molecule has 6 nitrogen and oxygen atoms in total. The van der Waals surface area contributed by atoms with E-state index in [9.17, 15) is 9.59 Å². The number of amides is 2. The van der Waals surface area contributed by atoms with E-state index >= 15 is 0 Å². The molecule has 0 spiro atoms. The number of benzene rings is 1. The highest BCUT2D eigenvalue weighted by atomic mass is 32.1. The molecule has 1 aliphatic carbocycles. The molecule has 0 N–H and O–H groups in total. The van der Waals surface area contributed by atoms with E-state index in [0.29, 0.717) is 24.6 Å². The van der Waals surface area contributed by atoms with Crippen molar-refractivity contribution in [2.24, 2.45) is 0 Å². The first-order valence-corrected chi connectivity index (χ1v) is 11.5. The highest BCUT2D eigenvalue weighted by Crippen LogP contribution is 2.40. The van der Waals surface area contributed by atoms with Gasteiger partial charge in [0.1, 0.15) is 10.7 Å². The summed E-state index contributed by atoms with van der Waals surface area (Å²) >= 11 is 1.48. The van der Waals surface area contributed by atoms with Crippen molar-refractivity contribution in [2.45, 2.75) is 46.1 Å². The van der Waals surface area contributed by atoms with Gasteiger partial charge in [0.05, 0.1) is 10.6 Å². The van der Waals surface area contributed by atoms with Crippen LogP contribution in [-0.2, 0) is 6.54 Å². The molecule has 31 heavy (non-hydrogen) atoms. The van der Waals surface area contributed by atoms with Crippen LogP contribution in [0.25, 0.3) is 10.2 Å². The van der Waals surface area contributed by atoms with Gasteiger partial charge in [-0.3, -0.25) is 9.59 Å². The van der Waals surface area contributed by atoms with Crippen LogP contribution in [0.5, 0.6) is 0 Å². The van der Waals surface area contributed by atoms with Gasteiger partial charge in [-0.2, -0.15) is 0 Å². The zero-order valence-corrected chi connectivity index (χ0v) is 19.5. The molecule has 0 radical (unpaired) electrons. The van der Waals surface area contributed by atoms with Crippen molar-refractivity contribution in [3.63, 3.8) is 0 Å². The lowest BCUT2D eigenvalue weighted by atomic mass is 10.1. The Morgan fingerprint density at radius 2 is 1.74 bits per heavy atom. The van der Waals surface area contributed by atoms with Gasteiger partial charge in [-0.25, -0.2) is 9.97 Å². The van der Waals surface area contributed by atoms with Crippen LogP contribution in [0, 0.1) is 13.8 Å². The van der Waals surface area contributed by atoms with Gasteiger partial charge in [-0.05, 0) is 56.9 Å². The van der Waals surface area contributed by atoms with E-state index in [2.05, 4.69) is 0 Å². The SMILES string of the molecule is CCN(Cc1ccc(C(=O)N(C)C)cc1)C(=O)c1sc2nc(C3CC3)nc(C)c2c1C. The Hall–Kier alpha value is -2.80. The number of carbonyl (C=O) groups excluding carboxylic acids is 2. The summed E-state index contributed by atoms with van der Waals surface area (Å²) in [6, 6.07) is 7.47. The maximum Gasteiger partial charge on any atom is 0.264 e. The molecule has 3 aromatic rings. The Morgan fingerprint density at radius 3 is 2.32 bits per heavy atom. The zero-order valence-electron chi connectivity index (χ0n) is 18.7. The second kappa shape index (κ2) is 8.38. The first-order chi connectivity index (χ1) is 14.8. The molecule has 2 aromatic heterocycles. The highest BCUT2D eigenvalue weighted by Gasteiger charge is 2.29. The molecule has 2 amide bonds. The second-order valence-corrected chi connectivity index (χ2v) is 9.39. The number of aromatic nitrogens is 2. The van der Waals surface area contributed by atoms with Crippen molar-refractivity contribution in [3.05, 3.63) is 57.4 Å². The minimum Gasteiger partial charge on any atom is -0.345 e. The van der Waals surface area contributed by atoms with Crippen LogP contribution in [-0.4, -0.2) is 52.2 Å². The number of thiophene rings is 1. The molecule has 0 saturated heterocycles. The van der Waals surface area contributed by atoms with Gasteiger partial charge < -0.3 is 9.80 Å². The lowest BCUT2D eigenvalue weighted by Crippen LogP contribution is -2.30.